The highest BCUT2D eigenvalue weighted by molar-refractivity contribution is 7.86. The van der Waals surface area contributed by atoms with E-state index in [1.807, 2.05) is 0 Å². The first-order chi connectivity index (χ1) is 11.4. The molecule has 2 fully saturated rings. The Bertz CT molecular complexity index is 597. The molecule has 2 saturated carbocycles. The van der Waals surface area contributed by atoms with Gasteiger partial charge in [-0.05, 0) is 57.3 Å². The first-order valence-electron chi connectivity index (χ1n) is 8.32. The zero-order valence-corrected chi connectivity index (χ0v) is 14.7. The Morgan fingerprint density at radius 3 is 2.24 bits per heavy atom. The van der Waals surface area contributed by atoms with Gasteiger partial charge in [0.05, 0.1) is 11.5 Å². The molecule has 0 heterocycles. The van der Waals surface area contributed by atoms with Crippen LogP contribution in [0.15, 0.2) is 0 Å². The minimum atomic E-state index is -5.90. The van der Waals surface area contributed by atoms with E-state index in [0.29, 0.717) is 25.7 Å². The zero-order valence-electron chi connectivity index (χ0n) is 13.9. The fourth-order valence-corrected chi connectivity index (χ4v) is 4.38. The van der Waals surface area contributed by atoms with Crippen LogP contribution in [0.1, 0.15) is 51.9 Å². The molecule has 2 aliphatic rings. The predicted molar refractivity (Wildman–Crippen MR) is 82.0 cm³/mol. The van der Waals surface area contributed by atoms with Crippen molar-refractivity contribution in [3.63, 3.8) is 0 Å². The second-order valence-corrected chi connectivity index (χ2v) is 8.79. The minimum absolute atomic E-state index is 0.138. The van der Waals surface area contributed by atoms with Crippen LogP contribution in [0.2, 0.25) is 0 Å². The largest absolute Gasteiger partial charge is 0.430 e. The normalized spacial score (nSPS) is 35.4. The third-order valence-corrected chi connectivity index (χ3v) is 6.42. The second-order valence-electron chi connectivity index (χ2n) is 7.29. The van der Waals surface area contributed by atoms with Gasteiger partial charge >= 0.3 is 21.3 Å². The molecule has 0 bridgehead atoms. The number of aliphatic hydroxyl groups is 2. The van der Waals surface area contributed by atoms with Crippen LogP contribution in [0.25, 0.3) is 0 Å². The van der Waals surface area contributed by atoms with Gasteiger partial charge in [-0.2, -0.15) is 17.2 Å². The maximum absolute atomic E-state index is 13.2. The molecule has 2 aliphatic carbocycles. The molecule has 3 atom stereocenters. The number of esters is 1. The number of halogens is 2. The summed E-state index contributed by atoms with van der Waals surface area (Å²) in [6.07, 6.45) is 1.25. The molecule has 3 N–H and O–H groups in total. The molecule has 10 heteroatoms. The smallest absolute Gasteiger partial charge is 0.428 e. The molecule has 0 spiro atoms. The average molecular weight is 386 g/mol. The summed E-state index contributed by atoms with van der Waals surface area (Å²) >= 11 is 0. The predicted octanol–water partition coefficient (Wildman–Crippen LogP) is 1.69. The summed E-state index contributed by atoms with van der Waals surface area (Å²) in [6.45, 7) is 1.80. The fraction of sp³-hybridized carbons (Fsp3) is 0.933. The molecule has 0 amide bonds. The van der Waals surface area contributed by atoms with E-state index >= 15 is 0 Å². The highest BCUT2D eigenvalue weighted by Gasteiger charge is 2.54. The lowest BCUT2D eigenvalue weighted by Crippen LogP contribution is -2.45. The number of ether oxygens (including phenoxy) is 1. The molecule has 25 heavy (non-hydrogen) atoms. The van der Waals surface area contributed by atoms with Crippen LogP contribution in [0.5, 0.6) is 0 Å². The molecule has 0 saturated heterocycles. The number of carbonyl (C=O) groups excluding carboxylic acids is 1. The number of hydrogen-bond donors (Lipinski definition) is 3. The number of alkyl halides is 2. The number of rotatable bonds is 5. The molecule has 7 nitrogen and oxygen atoms in total. The Morgan fingerprint density at radius 2 is 1.80 bits per heavy atom. The Balaban J connectivity index is 1.89. The summed E-state index contributed by atoms with van der Waals surface area (Å²) in [6, 6.07) is 0. The van der Waals surface area contributed by atoms with Gasteiger partial charge < -0.3 is 14.9 Å². The molecule has 146 valence electrons. The quantitative estimate of drug-likeness (QED) is 0.373. The lowest BCUT2D eigenvalue weighted by atomic mass is 9.71. The van der Waals surface area contributed by atoms with Gasteiger partial charge in [-0.25, -0.2) is 0 Å². The van der Waals surface area contributed by atoms with Gasteiger partial charge in [0, 0.05) is 0 Å². The van der Waals surface area contributed by atoms with Gasteiger partial charge in [-0.1, -0.05) is 6.42 Å². The number of aliphatic hydroxyl groups excluding tert-OH is 1. The summed E-state index contributed by atoms with van der Waals surface area (Å²) in [5, 5.41) is 14.5. The van der Waals surface area contributed by atoms with Crippen molar-refractivity contribution in [2.45, 2.75) is 69.0 Å². The van der Waals surface area contributed by atoms with E-state index in [4.69, 9.17) is 9.66 Å². The first kappa shape index (κ1) is 20.5. The van der Waals surface area contributed by atoms with Crippen molar-refractivity contribution in [3.8, 4) is 0 Å². The Morgan fingerprint density at radius 1 is 1.24 bits per heavy atom. The van der Waals surface area contributed by atoms with Crippen LogP contribution in [0, 0.1) is 17.8 Å². The SMILES string of the molecule is CC1(O)CCCC1C1CCC(C(=O)OC(O)C(F)(F)S(=O)(=O)O)CC1. The number of hydrogen-bond acceptors (Lipinski definition) is 6. The Kier molecular flexibility index (Phi) is 5.77. The standard InChI is InChI=1S/C15H24F2O7S/c1-14(20)8-2-3-11(14)9-4-6-10(7-5-9)12(18)24-13(19)15(16,17)25(21,22)23/h9-11,13,19-20H,2-8H2,1H3,(H,21,22,23). The molecular formula is C15H24F2O7S. The average Bonchev–Trinajstić information content (AvgIpc) is 2.85. The van der Waals surface area contributed by atoms with Gasteiger partial charge in [-0.15, -0.1) is 0 Å². The van der Waals surface area contributed by atoms with E-state index in [-0.39, 0.29) is 11.8 Å². The summed E-state index contributed by atoms with van der Waals surface area (Å²) in [5.74, 6) is -1.48. The first-order valence-corrected chi connectivity index (χ1v) is 9.76. The van der Waals surface area contributed by atoms with E-state index in [0.717, 1.165) is 19.3 Å². The molecule has 0 aromatic heterocycles. The molecule has 3 unspecified atom stereocenters. The van der Waals surface area contributed by atoms with Crippen molar-refractivity contribution in [1.82, 2.24) is 0 Å². The Labute approximate surface area is 145 Å². The van der Waals surface area contributed by atoms with Crippen molar-refractivity contribution < 1.29 is 41.5 Å². The van der Waals surface area contributed by atoms with Gasteiger partial charge in [-0.3, -0.25) is 9.35 Å². The van der Waals surface area contributed by atoms with Crippen molar-refractivity contribution >= 4 is 16.1 Å². The van der Waals surface area contributed by atoms with Gasteiger partial charge in [0.2, 0.25) is 0 Å². The molecule has 0 aromatic carbocycles. The van der Waals surface area contributed by atoms with Crippen molar-refractivity contribution in [1.29, 1.82) is 0 Å². The van der Waals surface area contributed by atoms with Crippen molar-refractivity contribution in [2.24, 2.45) is 17.8 Å². The molecular weight excluding hydrogens is 362 g/mol. The van der Waals surface area contributed by atoms with Gasteiger partial charge in [0.25, 0.3) is 6.29 Å². The zero-order chi connectivity index (χ0) is 19.0. The highest BCUT2D eigenvalue weighted by atomic mass is 32.2. The molecule has 0 radical (unpaired) electrons. The summed E-state index contributed by atoms with van der Waals surface area (Å²) < 4.78 is 60.0. The van der Waals surface area contributed by atoms with Crippen LogP contribution in [-0.4, -0.2) is 46.3 Å². The fourth-order valence-electron chi connectivity index (χ4n) is 4.08. The van der Waals surface area contributed by atoms with E-state index in [2.05, 4.69) is 4.74 Å². The summed E-state index contributed by atoms with van der Waals surface area (Å²) in [4.78, 5) is 11.9. The molecule has 0 aromatic rings. The molecule has 2 rings (SSSR count). The monoisotopic (exact) mass is 386 g/mol. The maximum Gasteiger partial charge on any atom is 0.430 e. The third-order valence-electron chi connectivity index (χ3n) is 5.53. The second kappa shape index (κ2) is 7.05. The van der Waals surface area contributed by atoms with E-state index in [1.165, 1.54) is 0 Å². The molecule has 0 aliphatic heterocycles. The van der Waals surface area contributed by atoms with Crippen LogP contribution >= 0.6 is 0 Å². The third kappa shape index (κ3) is 4.29. The minimum Gasteiger partial charge on any atom is -0.428 e. The van der Waals surface area contributed by atoms with Gasteiger partial charge in [0.1, 0.15) is 0 Å². The maximum atomic E-state index is 13.2. The lowest BCUT2D eigenvalue weighted by Gasteiger charge is -2.37. The van der Waals surface area contributed by atoms with Crippen LogP contribution < -0.4 is 0 Å². The Hall–Kier alpha value is -0.840. The number of carbonyl (C=O) groups is 1. The highest BCUT2D eigenvalue weighted by Crippen LogP contribution is 2.46. The topological polar surface area (TPSA) is 121 Å². The summed E-state index contributed by atoms with van der Waals surface area (Å²) in [7, 11) is -5.90. The van der Waals surface area contributed by atoms with Crippen LogP contribution in [0.3, 0.4) is 0 Å². The van der Waals surface area contributed by atoms with Crippen molar-refractivity contribution in [3.05, 3.63) is 0 Å². The summed E-state index contributed by atoms with van der Waals surface area (Å²) in [5.41, 5.74) is -0.730. The van der Waals surface area contributed by atoms with Crippen LogP contribution in [-0.2, 0) is 19.6 Å². The van der Waals surface area contributed by atoms with Gasteiger partial charge in [0.15, 0.2) is 0 Å². The van der Waals surface area contributed by atoms with E-state index in [1.54, 1.807) is 6.92 Å². The lowest BCUT2D eigenvalue weighted by molar-refractivity contribution is -0.210. The van der Waals surface area contributed by atoms with E-state index < -0.39 is 39.2 Å². The van der Waals surface area contributed by atoms with Crippen molar-refractivity contribution in [2.75, 3.05) is 0 Å². The van der Waals surface area contributed by atoms with E-state index in [9.17, 15) is 27.1 Å². The van der Waals surface area contributed by atoms with Crippen LogP contribution in [0.4, 0.5) is 8.78 Å².